The van der Waals surface area contributed by atoms with Crippen molar-refractivity contribution in [3.63, 3.8) is 0 Å². The van der Waals surface area contributed by atoms with Crippen molar-refractivity contribution in [2.24, 2.45) is 5.92 Å². The van der Waals surface area contributed by atoms with Gasteiger partial charge in [0.15, 0.2) is 0 Å². The van der Waals surface area contributed by atoms with Gasteiger partial charge in [-0.2, -0.15) is 0 Å². The number of aliphatic hydroxyl groups is 1. The fraction of sp³-hybridized carbons (Fsp3) is 0.500. The molecule has 1 aromatic heterocycles. The van der Waals surface area contributed by atoms with Gasteiger partial charge in [0.25, 0.3) is 0 Å². The summed E-state index contributed by atoms with van der Waals surface area (Å²) in [6.07, 6.45) is 5.63. The second-order valence-corrected chi connectivity index (χ2v) is 3.51. The number of pyridine rings is 1. The summed E-state index contributed by atoms with van der Waals surface area (Å²) in [6.45, 7) is 1.99. The van der Waals surface area contributed by atoms with Crippen LogP contribution in [0.1, 0.15) is 30.1 Å². The van der Waals surface area contributed by atoms with Crippen molar-refractivity contribution in [3.8, 4) is 0 Å². The Morgan fingerprint density at radius 3 is 2.92 bits per heavy atom. The Balaban J connectivity index is 2.25. The van der Waals surface area contributed by atoms with Gasteiger partial charge >= 0.3 is 0 Å². The molecule has 1 aromatic rings. The molecule has 0 saturated heterocycles. The molecule has 1 saturated carbocycles. The standard InChI is InChI=1S/C10H13NO/c1-7-6-11-5-4-9(7)10(12)8-2-3-8/h4-6,8,10,12H,2-3H2,1H3. The number of nitrogens with zero attached hydrogens (tertiary/aromatic N) is 1. The highest BCUT2D eigenvalue weighted by Gasteiger charge is 2.31. The third-order valence-corrected chi connectivity index (χ3v) is 2.45. The third-order valence-electron chi connectivity index (χ3n) is 2.45. The summed E-state index contributed by atoms with van der Waals surface area (Å²) in [6, 6.07) is 1.92. The molecule has 2 heteroatoms. The van der Waals surface area contributed by atoms with Gasteiger partial charge in [-0.15, -0.1) is 0 Å². The van der Waals surface area contributed by atoms with Crippen LogP contribution in [0.5, 0.6) is 0 Å². The highest BCUT2D eigenvalue weighted by atomic mass is 16.3. The van der Waals surface area contributed by atoms with Crippen molar-refractivity contribution in [2.45, 2.75) is 25.9 Å². The molecule has 2 rings (SSSR count). The molecule has 2 nitrogen and oxygen atoms in total. The van der Waals surface area contributed by atoms with Gasteiger partial charge in [0.05, 0.1) is 6.10 Å². The van der Waals surface area contributed by atoms with E-state index in [1.54, 1.807) is 12.4 Å². The van der Waals surface area contributed by atoms with E-state index in [0.29, 0.717) is 5.92 Å². The second kappa shape index (κ2) is 2.87. The molecule has 1 N–H and O–H groups in total. The minimum Gasteiger partial charge on any atom is -0.388 e. The van der Waals surface area contributed by atoms with E-state index < -0.39 is 0 Å². The zero-order valence-electron chi connectivity index (χ0n) is 7.20. The molecule has 1 fully saturated rings. The van der Waals surface area contributed by atoms with Crippen molar-refractivity contribution < 1.29 is 5.11 Å². The Morgan fingerprint density at radius 1 is 1.58 bits per heavy atom. The lowest BCUT2D eigenvalue weighted by Gasteiger charge is -2.11. The third kappa shape index (κ3) is 1.34. The minimum atomic E-state index is -0.256. The first-order valence-electron chi connectivity index (χ1n) is 4.37. The van der Waals surface area contributed by atoms with Gasteiger partial charge in [-0.3, -0.25) is 4.98 Å². The second-order valence-electron chi connectivity index (χ2n) is 3.51. The monoisotopic (exact) mass is 163 g/mol. The summed E-state index contributed by atoms with van der Waals surface area (Å²) in [4.78, 5) is 4.00. The highest BCUT2D eigenvalue weighted by Crippen LogP contribution is 2.41. The summed E-state index contributed by atoms with van der Waals surface area (Å²) in [7, 11) is 0. The normalized spacial score (nSPS) is 19.2. The van der Waals surface area contributed by atoms with E-state index in [4.69, 9.17) is 0 Å². The molecule has 0 aliphatic heterocycles. The number of hydrogen-bond donors (Lipinski definition) is 1. The maximum Gasteiger partial charge on any atom is 0.0821 e. The largest absolute Gasteiger partial charge is 0.388 e. The molecule has 1 aliphatic rings. The Morgan fingerprint density at radius 2 is 2.33 bits per heavy atom. The van der Waals surface area contributed by atoms with Crippen LogP contribution in [0.25, 0.3) is 0 Å². The Labute approximate surface area is 72.3 Å². The lowest BCUT2D eigenvalue weighted by Crippen LogP contribution is -2.01. The van der Waals surface area contributed by atoms with Crippen LogP contribution in [-0.2, 0) is 0 Å². The molecule has 1 unspecified atom stereocenters. The van der Waals surface area contributed by atoms with E-state index in [2.05, 4.69) is 4.98 Å². The van der Waals surface area contributed by atoms with Crippen molar-refractivity contribution in [3.05, 3.63) is 29.6 Å². The molecule has 12 heavy (non-hydrogen) atoms. The van der Waals surface area contributed by atoms with Crippen LogP contribution in [0.15, 0.2) is 18.5 Å². The number of hydrogen-bond acceptors (Lipinski definition) is 2. The molecule has 1 aliphatic carbocycles. The summed E-state index contributed by atoms with van der Waals surface area (Å²) in [5, 5.41) is 9.81. The van der Waals surface area contributed by atoms with E-state index in [0.717, 1.165) is 11.1 Å². The number of aryl methyl sites for hydroxylation is 1. The maximum atomic E-state index is 9.81. The van der Waals surface area contributed by atoms with Crippen molar-refractivity contribution in [1.29, 1.82) is 0 Å². The molecule has 1 atom stereocenters. The van der Waals surface area contributed by atoms with E-state index in [1.807, 2.05) is 13.0 Å². The van der Waals surface area contributed by atoms with Gasteiger partial charge in [-0.05, 0) is 42.9 Å². The van der Waals surface area contributed by atoms with Crippen LogP contribution >= 0.6 is 0 Å². The van der Waals surface area contributed by atoms with Gasteiger partial charge in [-0.1, -0.05) is 0 Å². The van der Waals surface area contributed by atoms with Crippen LogP contribution in [0.3, 0.4) is 0 Å². The first-order valence-corrected chi connectivity index (χ1v) is 4.37. The SMILES string of the molecule is Cc1cnccc1C(O)C1CC1. The molecule has 0 spiro atoms. The van der Waals surface area contributed by atoms with E-state index >= 15 is 0 Å². The fourth-order valence-electron chi connectivity index (χ4n) is 1.48. The molecule has 0 radical (unpaired) electrons. The predicted molar refractivity (Wildman–Crippen MR) is 46.7 cm³/mol. The topological polar surface area (TPSA) is 33.1 Å². The molecular formula is C10H13NO. The molecule has 1 heterocycles. The highest BCUT2D eigenvalue weighted by molar-refractivity contribution is 5.25. The van der Waals surface area contributed by atoms with E-state index in [-0.39, 0.29) is 6.10 Å². The number of rotatable bonds is 2. The first kappa shape index (κ1) is 7.74. The molecular weight excluding hydrogens is 150 g/mol. The van der Waals surface area contributed by atoms with E-state index in [9.17, 15) is 5.11 Å². The summed E-state index contributed by atoms with van der Waals surface area (Å²) >= 11 is 0. The summed E-state index contributed by atoms with van der Waals surface area (Å²) in [5.41, 5.74) is 2.14. The minimum absolute atomic E-state index is 0.256. The Bertz CT molecular complexity index is 281. The van der Waals surface area contributed by atoms with E-state index in [1.165, 1.54) is 12.8 Å². The van der Waals surface area contributed by atoms with Crippen molar-refractivity contribution >= 4 is 0 Å². The zero-order valence-corrected chi connectivity index (χ0v) is 7.20. The van der Waals surface area contributed by atoms with Crippen LogP contribution < -0.4 is 0 Å². The Hall–Kier alpha value is -0.890. The molecule has 0 aromatic carbocycles. The van der Waals surface area contributed by atoms with Gasteiger partial charge in [0, 0.05) is 12.4 Å². The Kier molecular flexibility index (Phi) is 1.85. The van der Waals surface area contributed by atoms with Crippen LogP contribution in [-0.4, -0.2) is 10.1 Å². The lowest BCUT2D eigenvalue weighted by molar-refractivity contribution is 0.153. The van der Waals surface area contributed by atoms with Crippen molar-refractivity contribution in [1.82, 2.24) is 4.98 Å². The summed E-state index contributed by atoms with van der Waals surface area (Å²) < 4.78 is 0. The average molecular weight is 163 g/mol. The molecule has 0 amide bonds. The summed E-state index contributed by atoms with van der Waals surface area (Å²) in [5.74, 6) is 0.506. The smallest absolute Gasteiger partial charge is 0.0821 e. The average Bonchev–Trinajstić information content (AvgIpc) is 2.86. The fourth-order valence-corrected chi connectivity index (χ4v) is 1.48. The first-order chi connectivity index (χ1) is 5.79. The number of aliphatic hydroxyl groups excluding tert-OH is 1. The van der Waals surface area contributed by atoms with Crippen LogP contribution in [0, 0.1) is 12.8 Å². The van der Waals surface area contributed by atoms with Gasteiger partial charge in [-0.25, -0.2) is 0 Å². The lowest BCUT2D eigenvalue weighted by atomic mass is 10.0. The van der Waals surface area contributed by atoms with Gasteiger partial charge < -0.3 is 5.11 Å². The predicted octanol–water partition coefficient (Wildman–Crippen LogP) is 1.83. The maximum absolute atomic E-state index is 9.81. The van der Waals surface area contributed by atoms with Gasteiger partial charge in [0.2, 0.25) is 0 Å². The van der Waals surface area contributed by atoms with Crippen molar-refractivity contribution in [2.75, 3.05) is 0 Å². The van der Waals surface area contributed by atoms with Gasteiger partial charge in [0.1, 0.15) is 0 Å². The molecule has 0 bridgehead atoms. The zero-order chi connectivity index (χ0) is 8.55. The van der Waals surface area contributed by atoms with Crippen LogP contribution in [0.4, 0.5) is 0 Å². The number of aromatic nitrogens is 1. The molecule has 64 valence electrons. The quantitative estimate of drug-likeness (QED) is 0.721. The van der Waals surface area contributed by atoms with Crippen LogP contribution in [0.2, 0.25) is 0 Å².